The summed E-state index contributed by atoms with van der Waals surface area (Å²) in [5.74, 6) is 0. The minimum atomic E-state index is -4.58. The highest BCUT2D eigenvalue weighted by Crippen LogP contribution is 2.54. The normalized spacial score (nSPS) is 16.6. The summed E-state index contributed by atoms with van der Waals surface area (Å²) in [6.07, 6.45) is 0. The molecule has 19 rings (SSSR count). The Bertz CT molecular complexity index is 6200. The Balaban J connectivity index is 0.000000161. The Morgan fingerprint density at radius 1 is 0.263 bits per heavy atom. The molecule has 0 saturated carbocycles. The lowest BCUT2D eigenvalue weighted by Gasteiger charge is -2.47. The van der Waals surface area contributed by atoms with Crippen LogP contribution >= 0.6 is 0 Å². The zero-order valence-electron chi connectivity index (χ0n) is 78.1. The number of benzene rings is 11. The second-order valence-electron chi connectivity index (χ2n) is 36.6. The van der Waals surface area contributed by atoms with Crippen LogP contribution in [0, 0.1) is 0 Å². The Labute approximate surface area is 783 Å². The minimum Gasteiger partial charge on any atom is -0.399 e. The van der Waals surface area contributed by atoms with Crippen LogP contribution in [0.2, 0.25) is 0 Å². The lowest BCUT2D eigenvalue weighted by Crippen LogP contribution is -2.48. The Hall–Kier alpha value is -11.9. The summed E-state index contributed by atoms with van der Waals surface area (Å²) in [6, 6.07) is 69.1. The number of anilines is 14. The van der Waals surface area contributed by atoms with Crippen LogP contribution in [0.25, 0.3) is 0 Å². The van der Waals surface area contributed by atoms with Crippen molar-refractivity contribution in [2.75, 3.05) is 202 Å². The van der Waals surface area contributed by atoms with Crippen molar-refractivity contribution in [1.82, 2.24) is 29.4 Å². The summed E-state index contributed by atoms with van der Waals surface area (Å²) < 4.78 is 103. The molecule has 0 radical (unpaired) electrons. The van der Waals surface area contributed by atoms with Crippen LogP contribution in [-0.2, 0) is 93.5 Å². The summed E-state index contributed by atoms with van der Waals surface area (Å²) in [5, 5.41) is 0. The second-order valence-corrected chi connectivity index (χ2v) is 40.7. The van der Waals surface area contributed by atoms with E-state index in [-0.39, 0.29) is 26.1 Å². The molecule has 0 spiro atoms. The molecule has 8 aliphatic heterocycles. The molecule has 702 valence electrons. The molecule has 11 aromatic rings. The van der Waals surface area contributed by atoms with E-state index < -0.39 is 41.2 Å². The Morgan fingerprint density at radius 2 is 0.534 bits per heavy atom. The second kappa shape index (κ2) is 37.5. The van der Waals surface area contributed by atoms with E-state index in [0.29, 0.717) is 81.8 Å². The first kappa shape index (κ1) is 94.3. The molecule has 0 amide bonds. The molecular formula is C101H126N20O9S3. The van der Waals surface area contributed by atoms with Gasteiger partial charge in [-0.05, 0) is 265 Å². The smallest absolute Gasteiger partial charge is 0.297 e. The molecule has 11 aromatic carbocycles. The van der Waals surface area contributed by atoms with Crippen LogP contribution in [0.4, 0.5) is 79.6 Å². The summed E-state index contributed by atoms with van der Waals surface area (Å²) in [7, 11) is -0.518. The van der Waals surface area contributed by atoms with Crippen LogP contribution < -0.4 is 73.6 Å². The number of hydrogen-bond acceptors (Lipinski definition) is 26. The number of nitrogen functional groups attached to an aromatic ring is 6. The third-order valence-electron chi connectivity index (χ3n) is 27.2. The van der Waals surface area contributed by atoms with Crippen LogP contribution in [0.15, 0.2) is 215 Å². The highest BCUT2D eigenvalue weighted by molar-refractivity contribution is 7.86. The van der Waals surface area contributed by atoms with E-state index in [9.17, 15) is 34.4 Å². The molecule has 8 aliphatic rings. The van der Waals surface area contributed by atoms with E-state index in [1.54, 1.807) is 0 Å². The summed E-state index contributed by atoms with van der Waals surface area (Å²) in [5.41, 5.74) is 62.0. The van der Waals surface area contributed by atoms with Gasteiger partial charge in [-0.1, -0.05) is 97.1 Å². The summed E-state index contributed by atoms with van der Waals surface area (Å²) >= 11 is 0. The lowest BCUT2D eigenvalue weighted by atomic mass is 9.63. The maximum atomic E-state index is 13.7. The number of hydrogen-bond donors (Lipinski definition) is 9. The minimum absolute atomic E-state index is 0.0216. The van der Waals surface area contributed by atoms with Crippen LogP contribution in [0.3, 0.4) is 0 Å². The van der Waals surface area contributed by atoms with Crippen molar-refractivity contribution >= 4 is 110 Å². The molecule has 29 nitrogen and oxygen atoms in total. The van der Waals surface area contributed by atoms with Crippen LogP contribution in [0.1, 0.15) is 131 Å². The standard InChI is InChI=1S/C54H68N10O3S.C25H24N4.C16H26N4O3S.C6H8N2O3S/c1-9-59-32-55(5)26-37-21-42(13-17-47(37)59)54(43-14-18-48-38(22-43)27-56(6)33-60(48)10-2,44-15-19-49-39(23-44)28-57(7)34-61(49)11-3)45-16-20-50-40(24-45)29-64-36-63(50)30-41-25-51-46(31-58(8)35-62(51)12-4)53(52(41)64)68(65,66)67;26-21-9-1-17(2-10-21)25(18-3-11-22(27)12-4-18,19-5-13-23(28)14-6-19)20-7-15-24(29)16-8-20;1-5-19-10-18(4)9-13-14(19)7-12-8-17(3)11-20(6-2)15(12)16(13)24(21,22)23;7-4-1-2-5(8)6(3-4)12(9,10)11/h13-25H,9-12,26-36H2,1-8H3,(H,65,66,67);1-16H,26-29H2;7H,5-6,8-11H2,1-4H3,(H,21,22,23);1-3H,7-8H2,(H,9,10,11). The van der Waals surface area contributed by atoms with Gasteiger partial charge in [0.1, 0.15) is 14.7 Å². The van der Waals surface area contributed by atoms with Crippen molar-refractivity contribution < 1.29 is 38.9 Å². The van der Waals surface area contributed by atoms with Crippen LogP contribution in [-0.4, -0.2) is 197 Å². The fourth-order valence-corrected chi connectivity index (χ4v) is 24.0. The highest BCUT2D eigenvalue weighted by atomic mass is 32.2. The first-order chi connectivity index (χ1) is 63.4. The van der Waals surface area contributed by atoms with Gasteiger partial charge < -0.3 is 73.6 Å². The molecule has 0 aliphatic carbocycles. The Morgan fingerprint density at radius 3 is 0.865 bits per heavy atom. The van der Waals surface area contributed by atoms with Crippen molar-refractivity contribution in [3.8, 4) is 0 Å². The van der Waals surface area contributed by atoms with E-state index in [1.165, 1.54) is 68.1 Å². The molecule has 133 heavy (non-hydrogen) atoms. The average Bonchev–Trinajstić information content (AvgIpc) is 0.693. The van der Waals surface area contributed by atoms with Gasteiger partial charge in [-0.25, -0.2) is 0 Å². The number of rotatable bonds is 17. The lowest BCUT2D eigenvalue weighted by molar-refractivity contribution is 0.298. The SMILES string of the molecule is CCN1CN(C)Cc2c1cc1c(c2S(=O)(=O)O)N(CC)CN(C)C1.CCN1CN(C)Cc2cc(C(c3ccc4c(c3)CN(C)CN4CC)(c3ccc4c(c3)CN(C)CN4CC)c3ccc4c(c3)CN3CN4Cc4cc5c(c(S(=O)(=O)O)c43)CN(C)CN5CC)ccc21.Nc1ccc(C(c2ccc(N)cc2)(c2ccc(N)cc2)c2ccc(N)cc2)cc1.Nc1ccc(N)c(S(=O)(=O)O)c1. The van der Waals surface area contributed by atoms with Crippen LogP contribution in [0.5, 0.6) is 0 Å². The molecule has 0 fully saturated rings. The van der Waals surface area contributed by atoms with Gasteiger partial charge in [-0.2, -0.15) is 25.3 Å². The third-order valence-corrected chi connectivity index (χ3v) is 30.0. The molecular weight excluding hydrogens is 1730 g/mol. The van der Waals surface area contributed by atoms with Gasteiger partial charge in [0.25, 0.3) is 30.4 Å². The van der Waals surface area contributed by atoms with Gasteiger partial charge in [0.2, 0.25) is 0 Å². The van der Waals surface area contributed by atoms with Gasteiger partial charge in [0.05, 0.1) is 74.6 Å². The third kappa shape index (κ3) is 18.2. The molecule has 2 bridgehead atoms. The zero-order chi connectivity index (χ0) is 94.8. The van der Waals surface area contributed by atoms with E-state index >= 15 is 0 Å². The van der Waals surface area contributed by atoms with E-state index in [4.69, 9.17) is 39.0 Å². The van der Waals surface area contributed by atoms with Crippen molar-refractivity contribution in [2.24, 2.45) is 0 Å². The van der Waals surface area contributed by atoms with Gasteiger partial charge in [0, 0.05) is 165 Å². The molecule has 15 N–H and O–H groups in total. The first-order valence-electron chi connectivity index (χ1n) is 45.4. The predicted octanol–water partition coefficient (Wildman–Crippen LogP) is 13.4. The van der Waals surface area contributed by atoms with Gasteiger partial charge in [-0.3, -0.25) is 43.1 Å². The van der Waals surface area contributed by atoms with Gasteiger partial charge in [-0.15, -0.1) is 0 Å². The van der Waals surface area contributed by atoms with Crippen molar-refractivity contribution in [2.45, 2.75) is 119 Å². The highest BCUT2D eigenvalue weighted by Gasteiger charge is 2.46. The largest absolute Gasteiger partial charge is 0.399 e. The van der Waals surface area contributed by atoms with E-state index in [2.05, 4.69) is 253 Å². The molecule has 0 aromatic heterocycles. The summed E-state index contributed by atoms with van der Waals surface area (Å²) in [6.45, 7) is 28.4. The van der Waals surface area contributed by atoms with Crippen molar-refractivity contribution in [1.29, 1.82) is 0 Å². The molecule has 32 heteroatoms. The first-order valence-corrected chi connectivity index (χ1v) is 49.7. The van der Waals surface area contributed by atoms with Crippen molar-refractivity contribution in [3.05, 3.63) is 289 Å². The monoisotopic (exact) mass is 1860 g/mol. The van der Waals surface area contributed by atoms with Gasteiger partial charge in [0.15, 0.2) is 0 Å². The maximum absolute atomic E-state index is 13.7. The van der Waals surface area contributed by atoms with E-state index in [1.807, 2.05) is 81.5 Å². The Kier molecular flexibility index (Phi) is 26.6. The topological polar surface area (TPSA) is 365 Å². The number of fused-ring (bicyclic) bond motifs is 12. The average molecular weight is 1860 g/mol. The molecule has 0 unspecified atom stereocenters. The van der Waals surface area contributed by atoms with Gasteiger partial charge >= 0.3 is 0 Å². The van der Waals surface area contributed by atoms with Crippen molar-refractivity contribution in [3.63, 3.8) is 0 Å². The molecule has 8 heterocycles. The maximum Gasteiger partial charge on any atom is 0.297 e. The zero-order valence-corrected chi connectivity index (χ0v) is 80.6. The number of nitrogens with two attached hydrogens (primary N) is 6. The quantitative estimate of drug-likeness (QED) is 0.0232. The molecule has 0 saturated heterocycles. The fraction of sp³-hybridized carbons (Fsp3) is 0.347. The molecule has 0 atom stereocenters. The van der Waals surface area contributed by atoms with E-state index in [0.717, 1.165) is 164 Å². The predicted molar refractivity (Wildman–Crippen MR) is 538 cm³/mol. The fourth-order valence-electron chi connectivity index (χ4n) is 21.4. The number of nitrogens with zero attached hydrogens (tertiary/aromatic N) is 14. The summed E-state index contributed by atoms with van der Waals surface area (Å²) in [4.78, 5) is 31.7.